The van der Waals surface area contributed by atoms with Gasteiger partial charge in [0.05, 0.1) is 0 Å². The molecule has 3 nitrogen and oxygen atoms in total. The number of ketones is 2. The highest BCUT2D eigenvalue weighted by atomic mass is 16.5. The predicted octanol–water partition coefficient (Wildman–Crippen LogP) is 5.09. The molecule has 0 saturated heterocycles. The van der Waals surface area contributed by atoms with Crippen molar-refractivity contribution >= 4 is 11.6 Å². The van der Waals surface area contributed by atoms with E-state index in [4.69, 9.17) is 4.74 Å². The van der Waals surface area contributed by atoms with Crippen molar-refractivity contribution in [2.75, 3.05) is 13.2 Å². The summed E-state index contributed by atoms with van der Waals surface area (Å²) in [5.41, 5.74) is 1.45. The summed E-state index contributed by atoms with van der Waals surface area (Å²) in [6.45, 7) is 5.88. The van der Waals surface area contributed by atoms with Gasteiger partial charge in [0.15, 0.2) is 11.6 Å². The number of benzene rings is 1. The summed E-state index contributed by atoms with van der Waals surface area (Å²) in [4.78, 5) is 24.3. The zero-order chi connectivity index (χ0) is 17.4. The smallest absolute Gasteiger partial charge is 0.165 e. The molecule has 0 radical (unpaired) electrons. The van der Waals surface area contributed by atoms with E-state index >= 15 is 0 Å². The van der Waals surface area contributed by atoms with E-state index in [1.807, 2.05) is 12.1 Å². The van der Waals surface area contributed by atoms with E-state index in [0.29, 0.717) is 17.9 Å². The minimum atomic E-state index is 0.152. The summed E-state index contributed by atoms with van der Waals surface area (Å²) in [5, 5.41) is 0. The monoisotopic (exact) mass is 330 g/mol. The first-order valence-corrected chi connectivity index (χ1v) is 9.37. The van der Waals surface area contributed by atoms with Crippen molar-refractivity contribution < 1.29 is 14.3 Å². The summed E-state index contributed by atoms with van der Waals surface area (Å²) < 4.78 is 5.61. The van der Waals surface area contributed by atoms with Crippen molar-refractivity contribution in [3.05, 3.63) is 35.4 Å². The third-order valence-corrected chi connectivity index (χ3v) is 5.01. The molecule has 132 valence electrons. The Morgan fingerprint density at radius 3 is 2.38 bits per heavy atom. The van der Waals surface area contributed by atoms with Crippen LogP contribution in [0.5, 0.6) is 0 Å². The van der Waals surface area contributed by atoms with Gasteiger partial charge in [0.1, 0.15) is 0 Å². The Hall–Kier alpha value is -1.48. The van der Waals surface area contributed by atoms with E-state index < -0.39 is 0 Å². The number of hydrogen-bond acceptors (Lipinski definition) is 3. The maximum Gasteiger partial charge on any atom is 0.165 e. The summed E-state index contributed by atoms with van der Waals surface area (Å²) in [7, 11) is 0. The van der Waals surface area contributed by atoms with E-state index in [1.54, 1.807) is 12.1 Å². The molecule has 0 aromatic heterocycles. The molecule has 1 aromatic rings. The maximum atomic E-state index is 12.2. The van der Waals surface area contributed by atoms with Gasteiger partial charge < -0.3 is 4.74 Å². The lowest BCUT2D eigenvalue weighted by molar-refractivity contribution is 0.0853. The van der Waals surface area contributed by atoms with Crippen molar-refractivity contribution in [3.8, 4) is 0 Å². The van der Waals surface area contributed by atoms with Gasteiger partial charge in [-0.15, -0.1) is 0 Å². The molecule has 1 aromatic carbocycles. The first kappa shape index (κ1) is 18.9. The molecule has 1 fully saturated rings. The van der Waals surface area contributed by atoms with Crippen molar-refractivity contribution in [1.82, 2.24) is 0 Å². The molecule has 1 aliphatic rings. The van der Waals surface area contributed by atoms with Crippen LogP contribution in [0.2, 0.25) is 0 Å². The van der Waals surface area contributed by atoms with Gasteiger partial charge >= 0.3 is 0 Å². The molecule has 3 heteroatoms. The fourth-order valence-corrected chi connectivity index (χ4v) is 2.76. The van der Waals surface area contributed by atoms with Gasteiger partial charge in [-0.2, -0.15) is 0 Å². The highest BCUT2D eigenvalue weighted by molar-refractivity contribution is 6.00. The molecule has 1 saturated carbocycles. The zero-order valence-electron chi connectivity index (χ0n) is 15.1. The van der Waals surface area contributed by atoms with Gasteiger partial charge in [-0.1, -0.05) is 51.0 Å². The Kier molecular flexibility index (Phi) is 7.64. The molecule has 0 N–H and O–H groups in total. The van der Waals surface area contributed by atoms with Gasteiger partial charge in [-0.25, -0.2) is 0 Å². The molecule has 0 heterocycles. The molecule has 0 aliphatic heterocycles. The first-order valence-electron chi connectivity index (χ1n) is 9.37. The summed E-state index contributed by atoms with van der Waals surface area (Å²) in [6, 6.07) is 7.22. The summed E-state index contributed by atoms with van der Waals surface area (Å²) in [6.07, 6.45) is 6.63. The molecular weight excluding hydrogens is 300 g/mol. The van der Waals surface area contributed by atoms with E-state index in [2.05, 4.69) is 13.8 Å². The van der Waals surface area contributed by atoms with Crippen LogP contribution in [0.25, 0.3) is 0 Å². The number of unbranched alkanes of at least 4 members (excludes halogenated alkanes) is 1. The first-order chi connectivity index (χ1) is 11.6. The molecule has 0 spiro atoms. The molecule has 24 heavy (non-hydrogen) atoms. The van der Waals surface area contributed by atoms with Gasteiger partial charge in [0.25, 0.3) is 0 Å². The van der Waals surface area contributed by atoms with Crippen LogP contribution in [-0.2, 0) is 4.74 Å². The van der Waals surface area contributed by atoms with Gasteiger partial charge in [0.2, 0.25) is 0 Å². The third kappa shape index (κ3) is 5.55. The van der Waals surface area contributed by atoms with Crippen molar-refractivity contribution in [3.63, 3.8) is 0 Å². The minimum absolute atomic E-state index is 0.152. The van der Waals surface area contributed by atoms with Crippen molar-refractivity contribution in [2.45, 2.75) is 58.8 Å². The average molecular weight is 330 g/mol. The molecule has 1 unspecified atom stereocenters. The molecule has 1 atom stereocenters. The van der Waals surface area contributed by atoms with Crippen LogP contribution < -0.4 is 0 Å². The van der Waals surface area contributed by atoms with Gasteiger partial charge in [0, 0.05) is 36.7 Å². The lowest BCUT2D eigenvalue weighted by Gasteiger charge is -2.23. The number of rotatable bonds is 11. The van der Waals surface area contributed by atoms with Crippen LogP contribution in [0.4, 0.5) is 0 Å². The second-order valence-corrected chi connectivity index (χ2v) is 7.04. The Morgan fingerprint density at radius 2 is 1.79 bits per heavy atom. The lowest BCUT2D eigenvalue weighted by Crippen LogP contribution is -2.21. The number of Topliss-reactive ketones (excluding diaryl/α,β-unsaturated/α-hetero) is 2. The zero-order valence-corrected chi connectivity index (χ0v) is 15.1. The largest absolute Gasteiger partial charge is 0.381 e. The van der Waals surface area contributed by atoms with Crippen LogP contribution in [0.15, 0.2) is 24.3 Å². The summed E-state index contributed by atoms with van der Waals surface area (Å²) >= 11 is 0. The third-order valence-electron chi connectivity index (χ3n) is 5.01. The van der Waals surface area contributed by atoms with Crippen LogP contribution in [0.3, 0.4) is 0 Å². The highest BCUT2D eigenvalue weighted by Gasteiger charge is 2.26. The maximum absolute atomic E-state index is 12.2. The average Bonchev–Trinajstić information content (AvgIpc) is 2.56. The molecular formula is C21H30O3. The Morgan fingerprint density at radius 1 is 1.12 bits per heavy atom. The highest BCUT2D eigenvalue weighted by Crippen LogP contribution is 2.29. The molecule has 1 aliphatic carbocycles. The van der Waals surface area contributed by atoms with Crippen molar-refractivity contribution in [2.24, 2.45) is 11.8 Å². The number of carbonyl (C=O) groups is 2. The quantitative estimate of drug-likeness (QED) is 0.419. The van der Waals surface area contributed by atoms with E-state index in [-0.39, 0.29) is 17.5 Å². The van der Waals surface area contributed by atoms with E-state index in [9.17, 15) is 9.59 Å². The van der Waals surface area contributed by atoms with Crippen molar-refractivity contribution in [1.29, 1.82) is 0 Å². The Balaban J connectivity index is 1.68. The molecule has 0 bridgehead atoms. The standard InChI is InChI=1S/C21H30O3/c1-3-16(2)15-24-14-5-4-9-20(22)17-10-12-19(13-11-17)21(23)18-7-6-8-18/h10-13,16,18H,3-9,14-15H2,1-2H3. The topological polar surface area (TPSA) is 43.4 Å². The molecule has 0 amide bonds. The lowest BCUT2D eigenvalue weighted by atomic mass is 9.80. The van der Waals surface area contributed by atoms with Crippen LogP contribution in [0, 0.1) is 11.8 Å². The fourth-order valence-electron chi connectivity index (χ4n) is 2.76. The van der Waals surface area contributed by atoms with Crippen LogP contribution in [0.1, 0.15) is 79.5 Å². The number of ether oxygens (including phenoxy) is 1. The normalized spacial score (nSPS) is 15.8. The number of carbonyl (C=O) groups excluding carboxylic acids is 2. The Labute approximate surface area is 145 Å². The number of hydrogen-bond donors (Lipinski definition) is 0. The predicted molar refractivity (Wildman–Crippen MR) is 96.6 cm³/mol. The van der Waals surface area contributed by atoms with E-state index in [0.717, 1.165) is 57.3 Å². The van der Waals surface area contributed by atoms with Gasteiger partial charge in [-0.05, 0) is 31.6 Å². The van der Waals surface area contributed by atoms with Crippen LogP contribution >= 0.6 is 0 Å². The fraction of sp³-hybridized carbons (Fsp3) is 0.619. The Bertz CT molecular complexity index is 529. The minimum Gasteiger partial charge on any atom is -0.381 e. The second kappa shape index (κ2) is 9.73. The van der Waals surface area contributed by atoms with Crippen LogP contribution in [-0.4, -0.2) is 24.8 Å². The summed E-state index contributed by atoms with van der Waals surface area (Å²) in [5.74, 6) is 1.20. The van der Waals surface area contributed by atoms with E-state index in [1.165, 1.54) is 0 Å². The van der Waals surface area contributed by atoms with Gasteiger partial charge in [-0.3, -0.25) is 9.59 Å². The molecule has 2 rings (SSSR count). The SMILES string of the molecule is CCC(C)COCCCCC(=O)c1ccc(C(=O)C2CCC2)cc1. The second-order valence-electron chi connectivity index (χ2n) is 7.04.